The zero-order valence-corrected chi connectivity index (χ0v) is 14.1. The number of pyridine rings is 1. The van der Waals surface area contributed by atoms with Crippen molar-refractivity contribution in [2.75, 3.05) is 18.4 Å². The molecule has 0 spiro atoms. The molecule has 0 saturated carbocycles. The molecule has 4 heterocycles. The second kappa shape index (κ2) is 6.20. The van der Waals surface area contributed by atoms with Crippen LogP contribution in [0.2, 0.25) is 0 Å². The van der Waals surface area contributed by atoms with Crippen LogP contribution in [0.15, 0.2) is 30.7 Å². The fraction of sp³-hybridized carbons (Fsp3) is 0.375. The summed E-state index contributed by atoms with van der Waals surface area (Å²) in [5.41, 5.74) is 1.83. The van der Waals surface area contributed by atoms with Crippen molar-refractivity contribution in [2.24, 2.45) is 11.8 Å². The minimum absolute atomic E-state index is 0.0130. The molecule has 0 aliphatic carbocycles. The molecule has 1 aliphatic rings. The van der Waals surface area contributed by atoms with Crippen molar-refractivity contribution in [1.82, 2.24) is 24.9 Å². The zero-order valence-electron chi connectivity index (χ0n) is 13.3. The van der Waals surface area contributed by atoms with E-state index in [4.69, 9.17) is 0 Å². The lowest BCUT2D eigenvalue weighted by Gasteiger charge is -2.28. The third kappa shape index (κ3) is 2.84. The molecule has 1 amide bonds. The molecule has 24 heavy (non-hydrogen) atoms. The molecular weight excluding hydrogens is 324 g/mol. The standard InChI is InChI=1S/C16H18N6OS/c1-10-4-6-18-14(23)12(10)8-19-15-21-22-9-13(20-16(22)24-15)11-3-2-5-17-7-11/h2-3,5,7,9-10,12H,4,6,8H2,1H3,(H,18,23)(H,19,21). The summed E-state index contributed by atoms with van der Waals surface area (Å²) in [5, 5.41) is 11.5. The molecule has 2 N–H and O–H groups in total. The van der Waals surface area contributed by atoms with E-state index in [1.165, 1.54) is 11.3 Å². The molecular formula is C16H18N6OS. The number of carbonyl (C=O) groups is 1. The van der Waals surface area contributed by atoms with Gasteiger partial charge in [-0.15, -0.1) is 5.10 Å². The predicted octanol–water partition coefficient (Wildman–Crippen LogP) is 2.04. The number of amides is 1. The third-order valence-corrected chi connectivity index (χ3v) is 5.28. The molecule has 2 atom stereocenters. The Morgan fingerprint density at radius 3 is 3.17 bits per heavy atom. The van der Waals surface area contributed by atoms with Crippen LogP contribution >= 0.6 is 11.3 Å². The highest BCUT2D eigenvalue weighted by Crippen LogP contribution is 2.25. The number of aromatic nitrogens is 4. The van der Waals surface area contributed by atoms with Crippen molar-refractivity contribution in [2.45, 2.75) is 13.3 Å². The van der Waals surface area contributed by atoms with Crippen LogP contribution in [0.5, 0.6) is 0 Å². The molecule has 8 heteroatoms. The second-order valence-electron chi connectivity index (χ2n) is 6.05. The van der Waals surface area contributed by atoms with E-state index in [9.17, 15) is 4.79 Å². The first-order valence-electron chi connectivity index (χ1n) is 7.99. The van der Waals surface area contributed by atoms with Gasteiger partial charge < -0.3 is 10.6 Å². The van der Waals surface area contributed by atoms with E-state index in [1.54, 1.807) is 16.9 Å². The number of anilines is 1. The first kappa shape index (κ1) is 15.1. The van der Waals surface area contributed by atoms with Crippen LogP contribution in [0.4, 0.5) is 5.13 Å². The van der Waals surface area contributed by atoms with Gasteiger partial charge in [0, 0.05) is 31.0 Å². The van der Waals surface area contributed by atoms with E-state index in [0.717, 1.165) is 34.3 Å². The Hall–Kier alpha value is -2.48. The summed E-state index contributed by atoms with van der Waals surface area (Å²) >= 11 is 1.48. The van der Waals surface area contributed by atoms with E-state index in [-0.39, 0.29) is 11.8 Å². The van der Waals surface area contributed by atoms with Gasteiger partial charge >= 0.3 is 0 Å². The average molecular weight is 342 g/mol. The predicted molar refractivity (Wildman–Crippen MR) is 92.9 cm³/mol. The van der Waals surface area contributed by atoms with Gasteiger partial charge in [-0.05, 0) is 24.5 Å². The quantitative estimate of drug-likeness (QED) is 0.758. The van der Waals surface area contributed by atoms with Gasteiger partial charge in [0.15, 0.2) is 0 Å². The molecule has 124 valence electrons. The number of nitrogens with zero attached hydrogens (tertiary/aromatic N) is 4. The Morgan fingerprint density at radius 1 is 1.50 bits per heavy atom. The number of fused-ring (bicyclic) bond motifs is 1. The van der Waals surface area contributed by atoms with Crippen LogP contribution < -0.4 is 10.6 Å². The van der Waals surface area contributed by atoms with E-state index in [0.29, 0.717) is 12.5 Å². The number of hydrogen-bond donors (Lipinski definition) is 2. The lowest BCUT2D eigenvalue weighted by atomic mass is 9.87. The molecule has 1 aliphatic heterocycles. The normalized spacial score (nSPS) is 21.0. The second-order valence-corrected chi connectivity index (χ2v) is 7.00. The van der Waals surface area contributed by atoms with E-state index in [2.05, 4.69) is 32.6 Å². The van der Waals surface area contributed by atoms with Crippen LogP contribution in [0.1, 0.15) is 13.3 Å². The zero-order chi connectivity index (χ0) is 16.5. The number of hydrogen-bond acceptors (Lipinski definition) is 6. The maximum Gasteiger partial charge on any atom is 0.225 e. The lowest BCUT2D eigenvalue weighted by molar-refractivity contribution is -0.127. The minimum atomic E-state index is -0.0130. The van der Waals surface area contributed by atoms with E-state index in [1.807, 2.05) is 18.3 Å². The average Bonchev–Trinajstić information content (AvgIpc) is 3.14. The maximum atomic E-state index is 12.0. The van der Waals surface area contributed by atoms with Gasteiger partial charge in [-0.25, -0.2) is 9.50 Å². The van der Waals surface area contributed by atoms with Crippen molar-refractivity contribution >= 4 is 27.3 Å². The van der Waals surface area contributed by atoms with E-state index >= 15 is 0 Å². The van der Waals surface area contributed by atoms with Crippen molar-refractivity contribution in [1.29, 1.82) is 0 Å². The van der Waals surface area contributed by atoms with Gasteiger partial charge in [0.05, 0.1) is 17.8 Å². The van der Waals surface area contributed by atoms with Crippen LogP contribution in [0.25, 0.3) is 16.2 Å². The molecule has 1 fully saturated rings. The molecule has 2 unspecified atom stereocenters. The van der Waals surface area contributed by atoms with Gasteiger partial charge in [-0.2, -0.15) is 0 Å². The number of piperidine rings is 1. The van der Waals surface area contributed by atoms with Gasteiger partial charge in [0.2, 0.25) is 16.0 Å². The van der Waals surface area contributed by atoms with E-state index < -0.39 is 0 Å². The fourth-order valence-electron chi connectivity index (χ4n) is 2.93. The summed E-state index contributed by atoms with van der Waals surface area (Å²) in [6.07, 6.45) is 6.44. The molecule has 0 bridgehead atoms. The topological polar surface area (TPSA) is 84.2 Å². The Balaban J connectivity index is 1.48. The first-order valence-corrected chi connectivity index (χ1v) is 8.80. The molecule has 0 radical (unpaired) electrons. The van der Waals surface area contributed by atoms with Crippen molar-refractivity contribution < 1.29 is 4.79 Å². The van der Waals surface area contributed by atoms with Crippen LogP contribution in [-0.2, 0) is 4.79 Å². The largest absolute Gasteiger partial charge is 0.359 e. The van der Waals surface area contributed by atoms with Crippen LogP contribution in [-0.4, -0.2) is 38.6 Å². The highest BCUT2D eigenvalue weighted by molar-refractivity contribution is 7.20. The highest BCUT2D eigenvalue weighted by atomic mass is 32.1. The summed E-state index contributed by atoms with van der Waals surface area (Å²) in [4.78, 5) is 21.5. The Labute approximate surface area is 143 Å². The Morgan fingerprint density at radius 2 is 2.42 bits per heavy atom. The highest BCUT2D eigenvalue weighted by Gasteiger charge is 2.28. The summed E-state index contributed by atoms with van der Waals surface area (Å²) < 4.78 is 1.76. The van der Waals surface area contributed by atoms with Crippen LogP contribution in [0, 0.1) is 11.8 Å². The SMILES string of the molecule is CC1CCNC(=O)C1CNc1nn2cc(-c3cccnc3)nc2s1. The number of nitrogens with one attached hydrogen (secondary N) is 2. The molecule has 3 aromatic heterocycles. The number of carbonyl (C=O) groups excluding carboxylic acids is 1. The Bertz CT molecular complexity index is 826. The number of rotatable bonds is 4. The smallest absolute Gasteiger partial charge is 0.225 e. The van der Waals surface area contributed by atoms with Gasteiger partial charge in [-0.3, -0.25) is 9.78 Å². The summed E-state index contributed by atoms with van der Waals surface area (Å²) in [6.45, 7) is 3.50. The molecule has 7 nitrogen and oxygen atoms in total. The van der Waals surface area contributed by atoms with Crippen molar-refractivity contribution in [3.63, 3.8) is 0 Å². The molecule has 4 rings (SSSR count). The van der Waals surface area contributed by atoms with Crippen molar-refractivity contribution in [3.05, 3.63) is 30.7 Å². The maximum absolute atomic E-state index is 12.0. The van der Waals surface area contributed by atoms with Gasteiger partial charge in [0.25, 0.3) is 0 Å². The summed E-state index contributed by atoms with van der Waals surface area (Å²) in [6, 6.07) is 3.86. The molecule has 1 saturated heterocycles. The minimum Gasteiger partial charge on any atom is -0.359 e. The lowest BCUT2D eigenvalue weighted by Crippen LogP contribution is -2.44. The third-order valence-electron chi connectivity index (χ3n) is 4.40. The number of imidazole rings is 1. The molecule has 0 aromatic carbocycles. The van der Waals surface area contributed by atoms with Crippen LogP contribution in [0.3, 0.4) is 0 Å². The van der Waals surface area contributed by atoms with Crippen molar-refractivity contribution in [3.8, 4) is 11.3 Å². The molecule has 3 aromatic rings. The monoisotopic (exact) mass is 342 g/mol. The summed E-state index contributed by atoms with van der Waals surface area (Å²) in [5.74, 6) is 0.495. The summed E-state index contributed by atoms with van der Waals surface area (Å²) in [7, 11) is 0. The van der Waals surface area contributed by atoms with Gasteiger partial charge in [-0.1, -0.05) is 18.3 Å². The Kier molecular flexibility index (Phi) is 3.89. The fourth-order valence-corrected chi connectivity index (χ4v) is 3.72. The first-order chi connectivity index (χ1) is 11.7. The van der Waals surface area contributed by atoms with Gasteiger partial charge in [0.1, 0.15) is 0 Å².